The van der Waals surface area contributed by atoms with Crippen LogP contribution in [0.25, 0.3) is 0 Å². The maximum absolute atomic E-state index is 4.49. The first-order valence-corrected chi connectivity index (χ1v) is 6.66. The van der Waals surface area contributed by atoms with Gasteiger partial charge in [-0.3, -0.25) is 4.68 Å². The van der Waals surface area contributed by atoms with E-state index in [1.807, 2.05) is 19.4 Å². The summed E-state index contributed by atoms with van der Waals surface area (Å²) in [5.74, 6) is 0.609. The molecule has 6 heteroatoms. The van der Waals surface area contributed by atoms with Gasteiger partial charge in [-0.05, 0) is 24.8 Å². The summed E-state index contributed by atoms with van der Waals surface area (Å²) >= 11 is 0. The van der Waals surface area contributed by atoms with E-state index in [0.717, 1.165) is 37.2 Å². The van der Waals surface area contributed by atoms with Crippen LogP contribution in [0.5, 0.6) is 0 Å². The van der Waals surface area contributed by atoms with Crippen LogP contribution in [0.15, 0.2) is 12.4 Å². The van der Waals surface area contributed by atoms with Crippen molar-refractivity contribution in [1.82, 2.24) is 25.0 Å². The maximum atomic E-state index is 4.49. The van der Waals surface area contributed by atoms with Crippen molar-refractivity contribution in [3.05, 3.63) is 29.3 Å². The van der Waals surface area contributed by atoms with Gasteiger partial charge in [-0.15, -0.1) is 5.10 Å². The molecule has 2 aromatic rings. The molecule has 0 bridgehead atoms. The molecule has 6 nitrogen and oxygen atoms in total. The normalized spacial score (nSPS) is 10.7. The zero-order valence-electron chi connectivity index (χ0n) is 11.7. The molecule has 19 heavy (non-hydrogen) atoms. The summed E-state index contributed by atoms with van der Waals surface area (Å²) in [5, 5.41) is 15.7. The lowest BCUT2D eigenvalue weighted by molar-refractivity contribution is 0.766. The molecular weight excluding hydrogens is 240 g/mol. The molecule has 0 saturated heterocycles. The summed E-state index contributed by atoms with van der Waals surface area (Å²) < 4.78 is 1.80. The smallest absolute Gasteiger partial charge is 0.242 e. The third kappa shape index (κ3) is 3.49. The molecule has 0 fully saturated rings. The van der Waals surface area contributed by atoms with Crippen molar-refractivity contribution in [3.8, 4) is 0 Å². The van der Waals surface area contributed by atoms with Gasteiger partial charge in [0.1, 0.15) is 0 Å². The lowest BCUT2D eigenvalue weighted by Gasteiger charge is -2.07. The molecule has 0 spiro atoms. The van der Waals surface area contributed by atoms with Gasteiger partial charge in [0.25, 0.3) is 0 Å². The molecule has 0 radical (unpaired) electrons. The average Bonchev–Trinajstić information content (AvgIpc) is 2.84. The van der Waals surface area contributed by atoms with Crippen LogP contribution in [-0.4, -0.2) is 31.5 Å². The van der Waals surface area contributed by atoms with Crippen LogP contribution in [0, 0.1) is 0 Å². The summed E-state index contributed by atoms with van der Waals surface area (Å²) in [5.41, 5.74) is 3.21. The van der Waals surface area contributed by atoms with Crippen LogP contribution in [0.2, 0.25) is 0 Å². The molecule has 0 unspecified atom stereocenters. The maximum Gasteiger partial charge on any atom is 0.242 e. The lowest BCUT2D eigenvalue weighted by atomic mass is 10.2. The highest BCUT2D eigenvalue weighted by Gasteiger charge is 2.05. The lowest BCUT2D eigenvalue weighted by Crippen LogP contribution is -2.11. The van der Waals surface area contributed by atoms with Gasteiger partial charge in [-0.25, -0.2) is 4.98 Å². The van der Waals surface area contributed by atoms with Crippen LogP contribution in [0.4, 0.5) is 5.95 Å². The van der Waals surface area contributed by atoms with Crippen LogP contribution >= 0.6 is 0 Å². The van der Waals surface area contributed by atoms with E-state index in [1.165, 1.54) is 5.56 Å². The molecule has 1 N–H and O–H groups in total. The fourth-order valence-corrected chi connectivity index (χ4v) is 1.93. The van der Waals surface area contributed by atoms with E-state index in [9.17, 15) is 0 Å². The Morgan fingerprint density at radius 2 is 1.95 bits per heavy atom. The van der Waals surface area contributed by atoms with Crippen molar-refractivity contribution in [2.75, 3.05) is 11.9 Å². The Balaban J connectivity index is 1.92. The third-order valence-corrected chi connectivity index (χ3v) is 2.96. The van der Waals surface area contributed by atoms with E-state index in [0.29, 0.717) is 5.95 Å². The highest BCUT2D eigenvalue weighted by atomic mass is 15.2. The second-order valence-corrected chi connectivity index (χ2v) is 4.43. The number of aromatic nitrogens is 5. The molecule has 0 aliphatic carbocycles. The molecule has 0 atom stereocenters. The second-order valence-electron chi connectivity index (χ2n) is 4.43. The Morgan fingerprint density at radius 1 is 1.16 bits per heavy atom. The summed E-state index contributed by atoms with van der Waals surface area (Å²) in [6, 6.07) is 0. The minimum Gasteiger partial charge on any atom is -0.353 e. The van der Waals surface area contributed by atoms with Crippen molar-refractivity contribution in [1.29, 1.82) is 0 Å². The molecule has 102 valence electrons. The quantitative estimate of drug-likeness (QED) is 0.850. The second kappa shape index (κ2) is 6.26. The van der Waals surface area contributed by atoms with Gasteiger partial charge in [-0.1, -0.05) is 13.8 Å². The molecule has 0 amide bonds. The first-order valence-electron chi connectivity index (χ1n) is 6.66. The number of nitrogens with one attached hydrogen (secondary N) is 1. The topological polar surface area (TPSA) is 68.5 Å². The number of aryl methyl sites for hydroxylation is 3. The van der Waals surface area contributed by atoms with Crippen LogP contribution in [-0.2, 0) is 26.3 Å². The first kappa shape index (κ1) is 13.5. The Bertz CT molecular complexity index is 534. The van der Waals surface area contributed by atoms with E-state index in [1.54, 1.807) is 4.68 Å². The predicted octanol–water partition coefficient (Wildman–Crippen LogP) is 1.38. The standard InChI is InChI=1S/C13H20N6/c1-4-11-12(5-2)17-18-13(16-11)14-7-6-10-8-15-19(3)9-10/h8-9H,4-7H2,1-3H3,(H,14,16,18). The molecule has 0 saturated carbocycles. The predicted molar refractivity (Wildman–Crippen MR) is 74.0 cm³/mol. The molecule has 0 aliphatic rings. The Hall–Kier alpha value is -1.98. The van der Waals surface area contributed by atoms with Crippen molar-refractivity contribution in [3.63, 3.8) is 0 Å². The highest BCUT2D eigenvalue weighted by molar-refractivity contribution is 5.26. The number of rotatable bonds is 6. The van der Waals surface area contributed by atoms with Crippen LogP contribution in [0.3, 0.4) is 0 Å². The van der Waals surface area contributed by atoms with Gasteiger partial charge in [0.15, 0.2) is 0 Å². The first-order chi connectivity index (χ1) is 9.22. The monoisotopic (exact) mass is 260 g/mol. The van der Waals surface area contributed by atoms with Crippen molar-refractivity contribution in [2.24, 2.45) is 7.05 Å². The van der Waals surface area contributed by atoms with E-state index in [-0.39, 0.29) is 0 Å². The molecule has 2 heterocycles. The highest BCUT2D eigenvalue weighted by Crippen LogP contribution is 2.07. The van der Waals surface area contributed by atoms with Gasteiger partial charge >= 0.3 is 0 Å². The molecule has 0 aromatic carbocycles. The van der Waals surface area contributed by atoms with Gasteiger partial charge in [0, 0.05) is 19.8 Å². The van der Waals surface area contributed by atoms with Crippen LogP contribution < -0.4 is 5.32 Å². The van der Waals surface area contributed by atoms with Crippen molar-refractivity contribution in [2.45, 2.75) is 33.1 Å². The number of anilines is 1. The summed E-state index contributed by atoms with van der Waals surface area (Å²) in [6.07, 6.45) is 6.54. The fraction of sp³-hybridized carbons (Fsp3) is 0.538. The zero-order chi connectivity index (χ0) is 13.7. The Morgan fingerprint density at radius 3 is 2.58 bits per heavy atom. The third-order valence-electron chi connectivity index (χ3n) is 2.96. The largest absolute Gasteiger partial charge is 0.353 e. The molecule has 2 rings (SSSR count). The fourth-order valence-electron chi connectivity index (χ4n) is 1.93. The molecule has 2 aromatic heterocycles. The van der Waals surface area contributed by atoms with E-state index >= 15 is 0 Å². The summed E-state index contributed by atoms with van der Waals surface area (Å²) in [7, 11) is 1.92. The van der Waals surface area contributed by atoms with E-state index in [2.05, 4.69) is 39.4 Å². The van der Waals surface area contributed by atoms with Crippen LogP contribution in [0.1, 0.15) is 30.8 Å². The molecule has 0 aliphatic heterocycles. The van der Waals surface area contributed by atoms with Crippen molar-refractivity contribution >= 4 is 5.95 Å². The summed E-state index contributed by atoms with van der Waals surface area (Å²) in [6.45, 7) is 4.94. The van der Waals surface area contributed by atoms with Gasteiger partial charge in [0.05, 0.1) is 17.6 Å². The van der Waals surface area contributed by atoms with E-state index in [4.69, 9.17) is 0 Å². The molecular formula is C13H20N6. The Kier molecular flexibility index (Phi) is 4.43. The minimum absolute atomic E-state index is 0.609. The number of hydrogen-bond acceptors (Lipinski definition) is 5. The SMILES string of the molecule is CCc1nnc(NCCc2cnn(C)c2)nc1CC. The zero-order valence-corrected chi connectivity index (χ0v) is 11.7. The van der Waals surface area contributed by atoms with Crippen molar-refractivity contribution < 1.29 is 0 Å². The summed E-state index contributed by atoms with van der Waals surface area (Å²) in [4.78, 5) is 4.49. The minimum atomic E-state index is 0.609. The average molecular weight is 260 g/mol. The Labute approximate surface area is 113 Å². The van der Waals surface area contributed by atoms with E-state index < -0.39 is 0 Å². The van der Waals surface area contributed by atoms with Gasteiger partial charge in [-0.2, -0.15) is 10.2 Å². The number of hydrogen-bond donors (Lipinski definition) is 1. The van der Waals surface area contributed by atoms with Gasteiger partial charge < -0.3 is 5.32 Å². The number of nitrogens with zero attached hydrogens (tertiary/aromatic N) is 5. The van der Waals surface area contributed by atoms with Gasteiger partial charge in [0.2, 0.25) is 5.95 Å².